The predicted octanol–water partition coefficient (Wildman–Crippen LogP) is 2.67. The van der Waals surface area contributed by atoms with Crippen molar-refractivity contribution >= 4 is 48.3 Å². The Morgan fingerprint density at radius 1 is 1.35 bits per heavy atom. The molecule has 1 amide bonds. The fourth-order valence-electron chi connectivity index (χ4n) is 2.75. The molecular formula is C20H16ClF3N4O2Se. The summed E-state index contributed by atoms with van der Waals surface area (Å²) < 4.78 is 46.0. The minimum absolute atomic E-state index is 0.0549. The molecule has 2 aromatic heterocycles. The first-order chi connectivity index (χ1) is 14.7. The number of alkyl halides is 3. The van der Waals surface area contributed by atoms with Gasteiger partial charge in [0.2, 0.25) is 0 Å². The Labute approximate surface area is 187 Å². The van der Waals surface area contributed by atoms with Crippen molar-refractivity contribution in [2.45, 2.75) is 5.07 Å². The van der Waals surface area contributed by atoms with E-state index in [1.54, 1.807) is 18.2 Å². The van der Waals surface area contributed by atoms with Crippen molar-refractivity contribution in [2.24, 2.45) is 0 Å². The number of benzene rings is 1. The number of nitrogens with one attached hydrogen (secondary N) is 2. The normalized spacial score (nSPS) is 11.0. The van der Waals surface area contributed by atoms with Gasteiger partial charge in [-0.2, -0.15) is 0 Å². The third-order valence-electron chi connectivity index (χ3n) is 4.10. The molecule has 2 heterocycles. The van der Waals surface area contributed by atoms with Gasteiger partial charge < -0.3 is 0 Å². The number of amides is 1. The summed E-state index contributed by atoms with van der Waals surface area (Å²) in [7, 11) is 3.00. The van der Waals surface area contributed by atoms with Gasteiger partial charge >= 0.3 is 180 Å². The van der Waals surface area contributed by atoms with Gasteiger partial charge in [0.05, 0.1) is 0 Å². The van der Waals surface area contributed by atoms with Gasteiger partial charge in [0.15, 0.2) is 0 Å². The number of carbonyl (C=O) groups is 1. The van der Waals surface area contributed by atoms with Crippen LogP contribution in [0.15, 0.2) is 36.7 Å². The molecule has 0 spiro atoms. The van der Waals surface area contributed by atoms with Crippen LogP contribution >= 0.6 is 11.6 Å². The van der Waals surface area contributed by atoms with E-state index in [-0.39, 0.29) is 27.8 Å². The van der Waals surface area contributed by atoms with Crippen LogP contribution in [0.25, 0.3) is 5.52 Å². The van der Waals surface area contributed by atoms with E-state index in [1.165, 1.54) is 37.0 Å². The van der Waals surface area contributed by atoms with Crippen LogP contribution in [0.4, 0.5) is 18.9 Å². The number of methoxy groups -OCH3 is 1. The van der Waals surface area contributed by atoms with Gasteiger partial charge in [0.1, 0.15) is 0 Å². The standard InChI is InChI=1S/C20H16ClF3N4O2Se/c1-25-18(29)12-5-6-14(16(11-12)30-2)26-7-3-4-13-10-15-17(21)27-8-9-28(15)19(13)31-20(22,23)24/h5-6,8-11,26H,7H2,1-2H3,(H,25,29). The summed E-state index contributed by atoms with van der Waals surface area (Å²) in [4.78, 5) is 15.6. The van der Waals surface area contributed by atoms with Gasteiger partial charge in [-0.3, -0.25) is 0 Å². The van der Waals surface area contributed by atoms with E-state index in [9.17, 15) is 18.0 Å². The van der Waals surface area contributed by atoms with Gasteiger partial charge in [-0.15, -0.1) is 0 Å². The van der Waals surface area contributed by atoms with Crippen molar-refractivity contribution < 1.29 is 22.7 Å². The van der Waals surface area contributed by atoms with Crippen LogP contribution in [0.5, 0.6) is 5.75 Å². The quantitative estimate of drug-likeness (QED) is 0.405. The maximum absolute atomic E-state index is 13.1. The summed E-state index contributed by atoms with van der Waals surface area (Å²) in [5.74, 6) is 5.81. The van der Waals surface area contributed by atoms with E-state index in [0.29, 0.717) is 22.5 Å². The summed E-state index contributed by atoms with van der Waals surface area (Å²) in [6.07, 6.45) is 2.78. The first kappa shape index (κ1) is 22.8. The predicted molar refractivity (Wildman–Crippen MR) is 113 cm³/mol. The fraction of sp³-hybridized carbons (Fsp3) is 0.200. The van der Waals surface area contributed by atoms with Crippen LogP contribution in [-0.2, 0) is 0 Å². The molecule has 0 aliphatic heterocycles. The van der Waals surface area contributed by atoms with Gasteiger partial charge in [-0.1, -0.05) is 0 Å². The van der Waals surface area contributed by atoms with Gasteiger partial charge in [-0.25, -0.2) is 0 Å². The maximum atomic E-state index is 13.1. The van der Waals surface area contributed by atoms with E-state index in [0.717, 1.165) is 0 Å². The van der Waals surface area contributed by atoms with Gasteiger partial charge in [0.25, 0.3) is 0 Å². The molecular weight excluding hydrogens is 500 g/mol. The monoisotopic (exact) mass is 516 g/mol. The van der Waals surface area contributed by atoms with Crippen molar-refractivity contribution in [3.05, 3.63) is 52.9 Å². The van der Waals surface area contributed by atoms with Crippen LogP contribution in [-0.4, -0.2) is 56.0 Å². The number of halogens is 4. The van der Waals surface area contributed by atoms with Gasteiger partial charge in [-0.05, 0) is 0 Å². The molecule has 0 radical (unpaired) electrons. The van der Waals surface area contributed by atoms with Crippen molar-refractivity contribution in [3.63, 3.8) is 0 Å². The zero-order chi connectivity index (χ0) is 22.6. The average Bonchev–Trinajstić information content (AvgIpc) is 3.07. The van der Waals surface area contributed by atoms with Crippen LogP contribution in [0, 0.1) is 11.8 Å². The number of hydrogen-bond donors (Lipinski definition) is 2. The zero-order valence-electron chi connectivity index (χ0n) is 16.3. The summed E-state index contributed by atoms with van der Waals surface area (Å²) in [6, 6.07) is 6.37. The summed E-state index contributed by atoms with van der Waals surface area (Å²) >= 11 is 4.22. The molecule has 0 bridgehead atoms. The Morgan fingerprint density at radius 2 is 2.13 bits per heavy atom. The third kappa shape index (κ3) is 5.44. The van der Waals surface area contributed by atoms with E-state index in [2.05, 4.69) is 27.5 Å². The molecule has 1 aromatic carbocycles. The molecule has 2 N–H and O–H groups in total. The molecule has 0 saturated heterocycles. The Morgan fingerprint density at radius 3 is 2.81 bits per heavy atom. The van der Waals surface area contributed by atoms with Crippen LogP contribution in [0.1, 0.15) is 15.9 Å². The Kier molecular flexibility index (Phi) is 7.01. The summed E-state index contributed by atoms with van der Waals surface area (Å²) in [6.45, 7) is 0.145. The number of ether oxygens (including phenoxy) is 1. The second-order valence-corrected chi connectivity index (χ2v) is 8.60. The molecule has 0 atom stereocenters. The van der Waals surface area contributed by atoms with E-state index in [4.69, 9.17) is 16.3 Å². The van der Waals surface area contributed by atoms with Gasteiger partial charge in [0, 0.05) is 7.05 Å². The Hall–Kier alpha value is -2.86. The second kappa shape index (κ2) is 9.52. The molecule has 0 aliphatic rings. The second-order valence-electron chi connectivity index (χ2n) is 6.03. The van der Waals surface area contributed by atoms with Crippen LogP contribution in [0.3, 0.4) is 0 Å². The number of rotatable bonds is 5. The number of fused-ring (bicyclic) bond motifs is 1. The molecule has 0 unspecified atom stereocenters. The SMILES string of the molecule is CNC(=O)c1ccc(NCC#Cc2cc3c(Cl)nccn3c2[Se]C(F)(F)F)c(OC)c1. The van der Waals surface area contributed by atoms with Crippen molar-refractivity contribution in [1.82, 2.24) is 14.7 Å². The van der Waals surface area contributed by atoms with Crippen molar-refractivity contribution in [3.8, 4) is 17.6 Å². The average molecular weight is 516 g/mol. The number of nitrogens with zero attached hydrogens (tertiary/aromatic N) is 2. The molecule has 3 rings (SSSR count). The zero-order valence-corrected chi connectivity index (χ0v) is 18.8. The number of aromatic nitrogens is 2. The molecule has 162 valence electrons. The first-order valence-electron chi connectivity index (χ1n) is 8.77. The molecule has 6 nitrogen and oxygen atoms in total. The summed E-state index contributed by atoms with van der Waals surface area (Å²) in [5, 5.41) is 1.33. The Balaban J connectivity index is 1.84. The topological polar surface area (TPSA) is 67.7 Å². The number of carbonyl (C=O) groups excluding carboxylic acids is 1. The molecule has 3 aromatic rings. The van der Waals surface area contributed by atoms with Crippen LogP contribution in [0.2, 0.25) is 5.15 Å². The first-order valence-corrected chi connectivity index (χ1v) is 10.9. The van der Waals surface area contributed by atoms with Crippen molar-refractivity contribution in [2.75, 3.05) is 26.0 Å². The fourth-order valence-corrected chi connectivity index (χ4v) is 4.41. The molecule has 31 heavy (non-hydrogen) atoms. The van der Waals surface area contributed by atoms with Crippen LogP contribution < -0.4 is 20.0 Å². The number of anilines is 1. The summed E-state index contributed by atoms with van der Waals surface area (Å²) in [5.41, 5.74) is 1.64. The molecule has 0 aliphatic carbocycles. The van der Waals surface area contributed by atoms with E-state index in [1.807, 2.05) is 0 Å². The molecule has 0 saturated carbocycles. The minimum atomic E-state index is -4.34. The van der Waals surface area contributed by atoms with E-state index < -0.39 is 20.0 Å². The van der Waals surface area contributed by atoms with Crippen molar-refractivity contribution in [1.29, 1.82) is 0 Å². The van der Waals surface area contributed by atoms with E-state index >= 15 is 0 Å². The number of hydrogen-bond acceptors (Lipinski definition) is 4. The molecule has 0 fully saturated rings. The third-order valence-corrected chi connectivity index (χ3v) is 6.15. The molecule has 11 heteroatoms. The Bertz CT molecular complexity index is 1180.